The van der Waals surface area contributed by atoms with Gasteiger partial charge in [0.1, 0.15) is 0 Å². The first-order valence-corrected chi connectivity index (χ1v) is 9.31. The first-order valence-electron chi connectivity index (χ1n) is 9.31. The molecule has 1 aliphatic rings. The molecule has 0 amide bonds. The van der Waals surface area contributed by atoms with Crippen molar-refractivity contribution in [1.29, 1.82) is 0 Å². The van der Waals surface area contributed by atoms with Gasteiger partial charge in [0.25, 0.3) is 0 Å². The van der Waals surface area contributed by atoms with Gasteiger partial charge in [0.15, 0.2) is 17.5 Å². The van der Waals surface area contributed by atoms with Gasteiger partial charge in [0.2, 0.25) is 0 Å². The second-order valence-corrected chi connectivity index (χ2v) is 5.91. The number of halogens is 1. The van der Waals surface area contributed by atoms with E-state index in [9.17, 15) is 0 Å². The maximum Gasteiger partial charge on any atom is 0.191 e. The molecule has 0 bridgehead atoms. The summed E-state index contributed by atoms with van der Waals surface area (Å²) in [4.78, 5) is 4.64. The summed E-state index contributed by atoms with van der Waals surface area (Å²) in [6.07, 6.45) is 1.82. The zero-order valence-electron chi connectivity index (χ0n) is 16.3. The van der Waals surface area contributed by atoms with E-state index >= 15 is 0 Å². The number of guanidine groups is 1. The molecule has 1 aromatic rings. The summed E-state index contributed by atoms with van der Waals surface area (Å²) in [5.74, 6) is 2.42. The SMILES string of the molecule is CCNC(=NCc1ccc2c(c1)OCCCO2)NCCCOCCOC.I. The molecule has 2 N–H and O–H groups in total. The summed E-state index contributed by atoms with van der Waals surface area (Å²) in [5.41, 5.74) is 1.09. The van der Waals surface area contributed by atoms with Crippen LogP contribution in [0.15, 0.2) is 23.2 Å². The molecule has 1 aliphatic heterocycles. The fourth-order valence-corrected chi connectivity index (χ4v) is 2.44. The minimum absolute atomic E-state index is 0. The van der Waals surface area contributed by atoms with Crippen molar-refractivity contribution in [2.75, 3.05) is 53.2 Å². The number of nitrogens with zero attached hydrogens (tertiary/aromatic N) is 1. The smallest absolute Gasteiger partial charge is 0.191 e. The van der Waals surface area contributed by atoms with Gasteiger partial charge in [-0.25, -0.2) is 4.99 Å². The van der Waals surface area contributed by atoms with Crippen molar-refractivity contribution in [3.8, 4) is 11.5 Å². The molecule has 1 heterocycles. The Balaban J connectivity index is 0.00000364. The molecule has 0 saturated heterocycles. The molecular weight excluding hydrogens is 461 g/mol. The lowest BCUT2D eigenvalue weighted by Crippen LogP contribution is -2.38. The van der Waals surface area contributed by atoms with E-state index < -0.39 is 0 Å². The number of aliphatic imine (C=N–C) groups is 1. The summed E-state index contributed by atoms with van der Waals surface area (Å²) in [7, 11) is 1.67. The lowest BCUT2D eigenvalue weighted by molar-refractivity contribution is 0.0698. The second-order valence-electron chi connectivity index (χ2n) is 5.91. The predicted molar refractivity (Wildman–Crippen MR) is 118 cm³/mol. The number of methoxy groups -OCH3 is 1. The Labute approximate surface area is 179 Å². The van der Waals surface area contributed by atoms with Crippen molar-refractivity contribution in [2.45, 2.75) is 26.3 Å². The Hall–Kier alpha value is -1.26. The van der Waals surface area contributed by atoms with Crippen LogP contribution in [0.25, 0.3) is 0 Å². The first-order chi connectivity index (χ1) is 12.8. The van der Waals surface area contributed by atoms with Gasteiger partial charge in [-0.2, -0.15) is 0 Å². The van der Waals surface area contributed by atoms with Crippen molar-refractivity contribution in [1.82, 2.24) is 10.6 Å². The van der Waals surface area contributed by atoms with E-state index in [1.165, 1.54) is 0 Å². The van der Waals surface area contributed by atoms with Crippen LogP contribution in [-0.2, 0) is 16.0 Å². The Morgan fingerprint density at radius 3 is 2.70 bits per heavy atom. The average Bonchev–Trinajstić information content (AvgIpc) is 2.90. The lowest BCUT2D eigenvalue weighted by Gasteiger charge is -2.12. The Bertz CT molecular complexity index is 558. The van der Waals surface area contributed by atoms with E-state index in [4.69, 9.17) is 18.9 Å². The third-order valence-corrected chi connectivity index (χ3v) is 3.77. The van der Waals surface area contributed by atoms with Crippen LogP contribution >= 0.6 is 24.0 Å². The van der Waals surface area contributed by atoms with Gasteiger partial charge in [0, 0.05) is 33.2 Å². The number of rotatable bonds is 10. The standard InChI is InChI=1S/C19H31N3O4.HI/c1-3-20-19(21-8-4-9-24-13-12-23-2)22-15-16-6-7-17-18(14-16)26-11-5-10-25-17;/h6-7,14H,3-5,8-13,15H2,1-2H3,(H2,20,21,22);1H. The van der Waals surface area contributed by atoms with Crippen LogP contribution in [0.3, 0.4) is 0 Å². The summed E-state index contributed by atoms with van der Waals surface area (Å²) < 4.78 is 21.8. The fourth-order valence-electron chi connectivity index (χ4n) is 2.44. The monoisotopic (exact) mass is 493 g/mol. The van der Waals surface area contributed by atoms with Gasteiger partial charge in [-0.3, -0.25) is 0 Å². The van der Waals surface area contributed by atoms with Crippen molar-refractivity contribution in [3.63, 3.8) is 0 Å². The van der Waals surface area contributed by atoms with E-state index in [2.05, 4.69) is 22.5 Å². The molecular formula is C19H32IN3O4. The van der Waals surface area contributed by atoms with Crippen LogP contribution in [-0.4, -0.2) is 59.2 Å². The van der Waals surface area contributed by atoms with Crippen molar-refractivity contribution >= 4 is 29.9 Å². The Morgan fingerprint density at radius 1 is 1.11 bits per heavy atom. The van der Waals surface area contributed by atoms with Crippen molar-refractivity contribution in [2.24, 2.45) is 4.99 Å². The van der Waals surface area contributed by atoms with Gasteiger partial charge in [-0.05, 0) is 31.0 Å². The highest BCUT2D eigenvalue weighted by Crippen LogP contribution is 2.30. The summed E-state index contributed by atoms with van der Waals surface area (Å²) >= 11 is 0. The van der Waals surface area contributed by atoms with E-state index in [-0.39, 0.29) is 24.0 Å². The van der Waals surface area contributed by atoms with E-state index in [0.29, 0.717) is 39.6 Å². The number of benzene rings is 1. The van der Waals surface area contributed by atoms with Crippen LogP contribution < -0.4 is 20.1 Å². The predicted octanol–water partition coefficient (Wildman–Crippen LogP) is 2.57. The zero-order chi connectivity index (χ0) is 18.5. The van der Waals surface area contributed by atoms with E-state index in [1.807, 2.05) is 18.2 Å². The third kappa shape index (κ3) is 9.48. The van der Waals surface area contributed by atoms with Crippen LogP contribution in [0.4, 0.5) is 0 Å². The van der Waals surface area contributed by atoms with Crippen LogP contribution in [0.5, 0.6) is 11.5 Å². The Kier molecular flexibility index (Phi) is 13.0. The molecule has 0 aromatic heterocycles. The first kappa shape index (κ1) is 23.8. The molecule has 8 heteroatoms. The quantitative estimate of drug-likeness (QED) is 0.226. The number of ether oxygens (including phenoxy) is 4. The van der Waals surface area contributed by atoms with E-state index in [1.54, 1.807) is 7.11 Å². The van der Waals surface area contributed by atoms with Crippen molar-refractivity contribution < 1.29 is 18.9 Å². The number of hydrogen-bond donors (Lipinski definition) is 2. The molecule has 0 radical (unpaired) electrons. The molecule has 0 unspecified atom stereocenters. The Morgan fingerprint density at radius 2 is 1.93 bits per heavy atom. The maximum absolute atomic E-state index is 5.74. The fraction of sp³-hybridized carbons (Fsp3) is 0.632. The molecule has 0 atom stereocenters. The molecule has 0 saturated carbocycles. The highest BCUT2D eigenvalue weighted by Gasteiger charge is 2.10. The minimum atomic E-state index is 0. The van der Waals surface area contributed by atoms with Gasteiger partial charge >= 0.3 is 0 Å². The lowest BCUT2D eigenvalue weighted by atomic mass is 10.2. The maximum atomic E-state index is 5.74. The molecule has 1 aromatic carbocycles. The number of hydrogen-bond acceptors (Lipinski definition) is 5. The molecule has 2 rings (SSSR count). The third-order valence-electron chi connectivity index (χ3n) is 3.77. The van der Waals surface area contributed by atoms with Gasteiger partial charge < -0.3 is 29.6 Å². The second kappa shape index (κ2) is 14.8. The highest BCUT2D eigenvalue weighted by molar-refractivity contribution is 14.0. The average molecular weight is 493 g/mol. The van der Waals surface area contributed by atoms with Gasteiger partial charge in [-0.1, -0.05) is 6.07 Å². The minimum Gasteiger partial charge on any atom is -0.490 e. The van der Waals surface area contributed by atoms with Gasteiger partial charge in [0.05, 0.1) is 33.0 Å². The molecule has 0 fully saturated rings. The molecule has 27 heavy (non-hydrogen) atoms. The largest absolute Gasteiger partial charge is 0.490 e. The number of nitrogens with one attached hydrogen (secondary N) is 2. The molecule has 0 spiro atoms. The zero-order valence-corrected chi connectivity index (χ0v) is 18.6. The van der Waals surface area contributed by atoms with Crippen LogP contribution in [0.2, 0.25) is 0 Å². The normalized spacial score (nSPS) is 13.5. The summed E-state index contributed by atoms with van der Waals surface area (Å²) in [6.45, 7) is 7.62. The summed E-state index contributed by atoms with van der Waals surface area (Å²) in [6, 6.07) is 6.00. The molecule has 7 nitrogen and oxygen atoms in total. The topological polar surface area (TPSA) is 73.3 Å². The highest BCUT2D eigenvalue weighted by atomic mass is 127. The number of fused-ring (bicyclic) bond motifs is 1. The van der Waals surface area contributed by atoms with E-state index in [0.717, 1.165) is 49.0 Å². The van der Waals surface area contributed by atoms with Crippen LogP contribution in [0, 0.1) is 0 Å². The van der Waals surface area contributed by atoms with Crippen LogP contribution in [0.1, 0.15) is 25.3 Å². The van der Waals surface area contributed by atoms with Crippen molar-refractivity contribution in [3.05, 3.63) is 23.8 Å². The van der Waals surface area contributed by atoms with Gasteiger partial charge in [-0.15, -0.1) is 24.0 Å². The molecule has 154 valence electrons. The molecule has 0 aliphatic carbocycles. The summed E-state index contributed by atoms with van der Waals surface area (Å²) in [5, 5.41) is 6.58.